The molecule has 1 fully saturated rings. The Morgan fingerprint density at radius 2 is 0.750 bits per heavy atom. The number of amides is 1. The lowest BCUT2D eigenvalue weighted by molar-refractivity contribution is -0.303. The van der Waals surface area contributed by atoms with Crippen molar-refractivity contribution in [3.8, 4) is 0 Å². The summed E-state index contributed by atoms with van der Waals surface area (Å²) >= 11 is 0. The minimum Gasteiger partial charge on any atom is -0.394 e. The predicted octanol–water partition coefficient (Wildman–Crippen LogP) is 16.4. The van der Waals surface area contributed by atoms with Gasteiger partial charge < -0.3 is 50.5 Å². The third-order valence-electron chi connectivity index (χ3n) is 17.0. The molecule has 11 nitrogen and oxygen atoms in total. The second-order valence-electron chi connectivity index (χ2n) is 24.6. The van der Waals surface area contributed by atoms with E-state index in [4.69, 9.17) is 9.47 Å². The zero-order chi connectivity index (χ0) is 58.2. The number of aliphatic hydroxyl groups is 7. The van der Waals surface area contributed by atoms with Gasteiger partial charge in [-0.05, 0) is 51.4 Å². The van der Waals surface area contributed by atoms with Crippen molar-refractivity contribution in [1.82, 2.24) is 5.32 Å². The molecule has 0 aliphatic carbocycles. The second kappa shape index (κ2) is 58.0. The maximum atomic E-state index is 13.2. The molecule has 0 aromatic rings. The molecule has 0 aromatic heterocycles. The van der Waals surface area contributed by atoms with Gasteiger partial charge in [-0.1, -0.05) is 314 Å². The molecular weight excluding hydrogens is 1000 g/mol. The van der Waals surface area contributed by atoms with E-state index in [9.17, 15) is 40.5 Å². The van der Waals surface area contributed by atoms with Gasteiger partial charge in [-0.3, -0.25) is 4.79 Å². The summed E-state index contributed by atoms with van der Waals surface area (Å²) in [5.74, 6) is -0.703. The van der Waals surface area contributed by atoms with Crippen molar-refractivity contribution in [2.75, 3.05) is 13.2 Å². The molecule has 1 saturated heterocycles. The van der Waals surface area contributed by atoms with Crippen LogP contribution in [0.25, 0.3) is 0 Å². The van der Waals surface area contributed by atoms with Gasteiger partial charge in [-0.2, -0.15) is 0 Å². The van der Waals surface area contributed by atoms with Crippen molar-refractivity contribution < 1.29 is 50.0 Å². The third kappa shape index (κ3) is 45.0. The standard InChI is InChI=1S/C69H133NO10/c1-3-5-7-9-11-13-15-17-19-21-23-25-27-29-31-33-34-36-38-40-42-44-46-48-50-52-54-56-61(72)64(74)60(59-79-69-67(77)66(76)65(75)63(58-71)80-69)70-68(78)62(73)57-55-53-51-49-47-45-43-41-39-37-35-32-30-28-26-24-22-20-18-16-14-12-10-8-6-4-2/h40,42,48,50,60-67,69,71-77H,3-39,41,43-47,49,51-59H2,1-2H3,(H,70,78)/b42-40+,50-48+. The molecule has 80 heavy (non-hydrogen) atoms. The van der Waals surface area contributed by atoms with E-state index in [0.29, 0.717) is 19.3 Å². The lowest BCUT2D eigenvalue weighted by Gasteiger charge is -2.40. The highest BCUT2D eigenvalue weighted by atomic mass is 16.7. The van der Waals surface area contributed by atoms with Gasteiger partial charge in [-0.25, -0.2) is 0 Å². The molecule has 0 bridgehead atoms. The van der Waals surface area contributed by atoms with Crippen LogP contribution in [0.4, 0.5) is 0 Å². The number of carbonyl (C=O) groups is 1. The molecule has 0 saturated carbocycles. The zero-order valence-electron chi connectivity index (χ0n) is 52.3. The smallest absolute Gasteiger partial charge is 0.249 e. The SMILES string of the molecule is CCCCCCCCCCCCCCCCCCCC/C=C/CC/C=C/CCCC(O)C(O)C(COC1OC(CO)C(O)C(O)C1O)NC(=O)C(O)CCCCCCCCCCCCCCCCCCCCCCCCCCCC. The number of allylic oxidation sites excluding steroid dienone is 4. The highest BCUT2D eigenvalue weighted by molar-refractivity contribution is 5.80. The van der Waals surface area contributed by atoms with E-state index in [-0.39, 0.29) is 12.8 Å². The van der Waals surface area contributed by atoms with Gasteiger partial charge in [0, 0.05) is 0 Å². The van der Waals surface area contributed by atoms with E-state index in [1.807, 2.05) is 0 Å². The van der Waals surface area contributed by atoms with Crippen LogP contribution in [0.2, 0.25) is 0 Å². The molecule has 474 valence electrons. The van der Waals surface area contributed by atoms with E-state index >= 15 is 0 Å². The Kier molecular flexibility index (Phi) is 55.5. The maximum Gasteiger partial charge on any atom is 0.249 e. The van der Waals surface area contributed by atoms with Gasteiger partial charge in [0.25, 0.3) is 0 Å². The number of aliphatic hydroxyl groups excluding tert-OH is 7. The number of carbonyl (C=O) groups excluding carboxylic acids is 1. The summed E-state index contributed by atoms with van der Waals surface area (Å²) < 4.78 is 11.2. The van der Waals surface area contributed by atoms with Crippen molar-refractivity contribution >= 4 is 5.91 Å². The van der Waals surface area contributed by atoms with Crippen LogP contribution in [-0.2, 0) is 14.3 Å². The molecule has 1 amide bonds. The molecular formula is C69H133NO10. The minimum absolute atomic E-state index is 0.249. The number of hydrogen-bond donors (Lipinski definition) is 8. The van der Waals surface area contributed by atoms with Crippen LogP contribution in [0.3, 0.4) is 0 Å². The van der Waals surface area contributed by atoms with Crippen LogP contribution in [0.15, 0.2) is 24.3 Å². The number of rotatable bonds is 61. The molecule has 1 aliphatic rings. The van der Waals surface area contributed by atoms with Crippen LogP contribution < -0.4 is 5.32 Å². The van der Waals surface area contributed by atoms with E-state index in [0.717, 1.165) is 38.5 Å². The third-order valence-corrected chi connectivity index (χ3v) is 17.0. The molecule has 0 radical (unpaired) electrons. The van der Waals surface area contributed by atoms with Gasteiger partial charge in [0.05, 0.1) is 25.4 Å². The predicted molar refractivity (Wildman–Crippen MR) is 335 cm³/mol. The Morgan fingerprint density at radius 1 is 0.425 bits per heavy atom. The first-order valence-electron chi connectivity index (χ1n) is 34.7. The molecule has 1 rings (SSSR count). The number of nitrogens with one attached hydrogen (secondary N) is 1. The Morgan fingerprint density at radius 3 is 1.11 bits per heavy atom. The van der Waals surface area contributed by atoms with Crippen LogP contribution >= 0.6 is 0 Å². The van der Waals surface area contributed by atoms with Gasteiger partial charge in [-0.15, -0.1) is 0 Å². The molecule has 0 spiro atoms. The first-order chi connectivity index (χ1) is 39.2. The zero-order valence-corrected chi connectivity index (χ0v) is 52.3. The lowest BCUT2D eigenvalue weighted by Crippen LogP contribution is -2.60. The van der Waals surface area contributed by atoms with Crippen LogP contribution in [0.5, 0.6) is 0 Å². The maximum absolute atomic E-state index is 13.2. The largest absolute Gasteiger partial charge is 0.394 e. The Hall–Kier alpha value is -1.41. The fourth-order valence-corrected chi connectivity index (χ4v) is 11.4. The number of hydrogen-bond acceptors (Lipinski definition) is 10. The summed E-state index contributed by atoms with van der Waals surface area (Å²) in [6.45, 7) is 3.50. The Balaban J connectivity index is 2.23. The van der Waals surface area contributed by atoms with Crippen molar-refractivity contribution in [1.29, 1.82) is 0 Å². The molecule has 9 unspecified atom stereocenters. The minimum atomic E-state index is -1.67. The molecule has 1 heterocycles. The van der Waals surface area contributed by atoms with Crippen molar-refractivity contribution in [3.63, 3.8) is 0 Å². The summed E-state index contributed by atoms with van der Waals surface area (Å²) in [5.41, 5.74) is 0. The quantitative estimate of drug-likeness (QED) is 0.0215. The summed E-state index contributed by atoms with van der Waals surface area (Å²) in [5, 5.41) is 76.4. The first-order valence-corrected chi connectivity index (χ1v) is 34.7. The summed E-state index contributed by atoms with van der Waals surface area (Å²) in [4.78, 5) is 13.2. The van der Waals surface area contributed by atoms with Crippen molar-refractivity contribution in [3.05, 3.63) is 24.3 Å². The van der Waals surface area contributed by atoms with E-state index in [1.165, 1.54) is 257 Å². The topological polar surface area (TPSA) is 189 Å². The lowest BCUT2D eigenvalue weighted by atomic mass is 9.98. The fourth-order valence-electron chi connectivity index (χ4n) is 11.4. The Bertz CT molecular complexity index is 1350. The van der Waals surface area contributed by atoms with E-state index < -0.39 is 74.2 Å². The highest BCUT2D eigenvalue weighted by Gasteiger charge is 2.44. The van der Waals surface area contributed by atoms with Crippen LogP contribution in [0, 0.1) is 0 Å². The van der Waals surface area contributed by atoms with Gasteiger partial charge in [0.15, 0.2) is 6.29 Å². The van der Waals surface area contributed by atoms with Crippen LogP contribution in [0.1, 0.15) is 341 Å². The summed E-state index contributed by atoms with van der Waals surface area (Å²) in [6.07, 6.45) is 61.2. The first kappa shape index (κ1) is 76.6. The number of unbranched alkanes of at least 4 members (excludes halogenated alkanes) is 45. The second-order valence-corrected chi connectivity index (χ2v) is 24.6. The van der Waals surface area contributed by atoms with Gasteiger partial charge in [0.1, 0.15) is 36.6 Å². The average Bonchev–Trinajstić information content (AvgIpc) is 3.47. The fraction of sp³-hybridized carbons (Fsp3) is 0.928. The van der Waals surface area contributed by atoms with Gasteiger partial charge in [0.2, 0.25) is 5.91 Å². The highest BCUT2D eigenvalue weighted by Crippen LogP contribution is 2.24. The summed E-state index contributed by atoms with van der Waals surface area (Å²) in [6, 6.07) is -1.19. The van der Waals surface area contributed by atoms with Crippen LogP contribution in [-0.4, -0.2) is 110 Å². The molecule has 11 heteroatoms. The molecule has 0 aromatic carbocycles. The monoisotopic (exact) mass is 1140 g/mol. The normalized spacial score (nSPS) is 19.3. The summed E-state index contributed by atoms with van der Waals surface area (Å²) in [7, 11) is 0. The van der Waals surface area contributed by atoms with Crippen molar-refractivity contribution in [2.24, 2.45) is 0 Å². The molecule has 9 atom stereocenters. The molecule has 8 N–H and O–H groups in total. The Labute approximate surface area is 493 Å². The number of ether oxygens (including phenoxy) is 2. The van der Waals surface area contributed by atoms with E-state index in [1.54, 1.807) is 0 Å². The van der Waals surface area contributed by atoms with Gasteiger partial charge >= 0.3 is 0 Å². The van der Waals surface area contributed by atoms with Crippen molar-refractivity contribution in [2.45, 2.75) is 396 Å². The average molecular weight is 1140 g/mol. The molecule has 1 aliphatic heterocycles. The van der Waals surface area contributed by atoms with E-state index in [2.05, 4.69) is 43.5 Å².